The number of rotatable bonds is 5. The van der Waals surface area contributed by atoms with Gasteiger partial charge >= 0.3 is 0 Å². The molecule has 3 nitrogen and oxygen atoms in total. The number of carbonyl (C=O) groups excluding carboxylic acids is 2. The minimum atomic E-state index is -0.209. The van der Waals surface area contributed by atoms with Crippen molar-refractivity contribution in [1.29, 1.82) is 0 Å². The Labute approximate surface area is 172 Å². The Bertz CT molecular complexity index is 1040. The fourth-order valence-corrected chi connectivity index (χ4v) is 3.12. The van der Waals surface area contributed by atoms with Crippen molar-refractivity contribution in [3.8, 4) is 0 Å². The monoisotopic (exact) mass is 386 g/mol. The molecule has 3 aromatic rings. The van der Waals surface area contributed by atoms with E-state index in [0.717, 1.165) is 16.7 Å². The lowest BCUT2D eigenvalue weighted by molar-refractivity contribution is 0.103. The molecule has 0 aromatic heterocycles. The van der Waals surface area contributed by atoms with Crippen LogP contribution in [0.3, 0.4) is 0 Å². The Morgan fingerprint density at radius 1 is 0.724 bits per heavy atom. The van der Waals surface area contributed by atoms with Gasteiger partial charge in [-0.05, 0) is 41.7 Å². The zero-order chi connectivity index (χ0) is 21.2. The molecule has 0 atom stereocenters. The second-order valence-corrected chi connectivity index (χ2v) is 8.43. The lowest BCUT2D eigenvalue weighted by Crippen LogP contribution is -2.15. The number of carbonyl (C=O) groups is 2. The van der Waals surface area contributed by atoms with E-state index < -0.39 is 0 Å². The Kier molecular flexibility index (Phi) is 5.81. The van der Waals surface area contributed by atoms with Crippen molar-refractivity contribution in [3.63, 3.8) is 0 Å². The quantitative estimate of drug-likeness (QED) is 0.610. The van der Waals surface area contributed by atoms with Gasteiger partial charge in [-0.1, -0.05) is 74.9 Å². The summed E-state index contributed by atoms with van der Waals surface area (Å²) in [5, 5.41) is 9.21. The molecule has 0 bridgehead atoms. The van der Waals surface area contributed by atoms with Crippen LogP contribution in [0.1, 0.15) is 69.3 Å². The first-order valence-electron chi connectivity index (χ1n) is 9.70. The molecule has 148 valence electrons. The number of hydrogen-bond donors (Lipinski definition) is 1. The molecule has 0 unspecified atom stereocenters. The number of aliphatic hydroxyl groups excluding tert-OH is 1. The van der Waals surface area contributed by atoms with E-state index in [-0.39, 0.29) is 23.6 Å². The molecule has 0 aliphatic carbocycles. The first-order chi connectivity index (χ1) is 13.7. The van der Waals surface area contributed by atoms with E-state index >= 15 is 0 Å². The van der Waals surface area contributed by atoms with Crippen molar-refractivity contribution in [1.82, 2.24) is 0 Å². The molecule has 1 N–H and O–H groups in total. The van der Waals surface area contributed by atoms with Crippen LogP contribution in [0, 0.1) is 6.92 Å². The first kappa shape index (κ1) is 20.7. The standard InChI is InChI=1S/C26H26O3/c1-17-5-9-19(10-6-17)24(28)21-13-22(15-23(14-21)26(2,3)4)25(29)20-11-7-18(16-27)8-12-20/h5-15,27H,16H2,1-4H3. The van der Waals surface area contributed by atoms with Crippen molar-refractivity contribution >= 4 is 11.6 Å². The highest BCUT2D eigenvalue weighted by Gasteiger charge is 2.21. The average molecular weight is 386 g/mol. The highest BCUT2D eigenvalue weighted by Crippen LogP contribution is 2.27. The van der Waals surface area contributed by atoms with E-state index in [1.54, 1.807) is 30.3 Å². The summed E-state index contributed by atoms with van der Waals surface area (Å²) in [6.45, 7) is 8.10. The van der Waals surface area contributed by atoms with Gasteiger partial charge in [-0.3, -0.25) is 9.59 Å². The summed E-state index contributed by atoms with van der Waals surface area (Å²) in [6, 6.07) is 19.8. The molecule has 0 saturated heterocycles. The third-order valence-electron chi connectivity index (χ3n) is 5.04. The number of ketones is 2. The molecular formula is C26H26O3. The predicted molar refractivity (Wildman–Crippen MR) is 116 cm³/mol. The molecule has 0 fully saturated rings. The van der Waals surface area contributed by atoms with Gasteiger partial charge in [0.15, 0.2) is 11.6 Å². The van der Waals surface area contributed by atoms with E-state index in [9.17, 15) is 14.7 Å². The van der Waals surface area contributed by atoms with Crippen molar-refractivity contribution < 1.29 is 14.7 Å². The highest BCUT2D eigenvalue weighted by molar-refractivity contribution is 6.13. The molecular weight excluding hydrogens is 360 g/mol. The molecule has 29 heavy (non-hydrogen) atoms. The van der Waals surface area contributed by atoms with E-state index in [0.29, 0.717) is 22.3 Å². The normalized spacial score (nSPS) is 11.3. The van der Waals surface area contributed by atoms with E-state index in [1.165, 1.54) is 0 Å². The average Bonchev–Trinajstić information content (AvgIpc) is 2.72. The number of aliphatic hydroxyl groups is 1. The minimum absolute atomic E-state index is 0.0663. The lowest BCUT2D eigenvalue weighted by Gasteiger charge is -2.21. The molecule has 0 aliphatic rings. The Morgan fingerprint density at radius 2 is 1.17 bits per heavy atom. The molecule has 0 saturated carbocycles. The van der Waals surface area contributed by atoms with Crippen LogP contribution in [0.5, 0.6) is 0 Å². The van der Waals surface area contributed by atoms with Crippen LogP contribution in [-0.4, -0.2) is 16.7 Å². The van der Waals surface area contributed by atoms with Gasteiger partial charge in [0.2, 0.25) is 0 Å². The summed E-state index contributed by atoms with van der Waals surface area (Å²) in [4.78, 5) is 26.2. The summed E-state index contributed by atoms with van der Waals surface area (Å²) in [5.74, 6) is -0.237. The molecule has 0 heterocycles. The molecule has 3 heteroatoms. The van der Waals surface area contributed by atoms with Crippen molar-refractivity contribution in [3.05, 3.63) is 106 Å². The molecule has 3 rings (SSSR count). The van der Waals surface area contributed by atoms with Crippen LogP contribution in [0.25, 0.3) is 0 Å². The second-order valence-electron chi connectivity index (χ2n) is 8.43. The van der Waals surface area contributed by atoms with E-state index in [1.807, 2.05) is 43.3 Å². The Morgan fingerprint density at radius 3 is 1.59 bits per heavy atom. The van der Waals surface area contributed by atoms with Gasteiger partial charge in [0.05, 0.1) is 6.61 Å². The maximum Gasteiger partial charge on any atom is 0.193 e. The molecule has 3 aromatic carbocycles. The largest absolute Gasteiger partial charge is 0.392 e. The fraction of sp³-hybridized carbons (Fsp3) is 0.231. The third-order valence-corrected chi connectivity index (χ3v) is 5.04. The zero-order valence-corrected chi connectivity index (χ0v) is 17.3. The van der Waals surface area contributed by atoms with E-state index in [2.05, 4.69) is 20.8 Å². The Balaban J connectivity index is 2.06. The Hall–Kier alpha value is -3.04. The van der Waals surface area contributed by atoms with Crippen LogP contribution >= 0.6 is 0 Å². The topological polar surface area (TPSA) is 54.4 Å². The third kappa shape index (κ3) is 4.69. The molecule has 0 radical (unpaired) electrons. The van der Waals surface area contributed by atoms with E-state index in [4.69, 9.17) is 0 Å². The summed E-state index contributed by atoms with van der Waals surface area (Å²) in [5.41, 5.74) is 4.70. The van der Waals surface area contributed by atoms with Crippen LogP contribution in [0.2, 0.25) is 0 Å². The number of aryl methyl sites for hydroxylation is 1. The van der Waals surface area contributed by atoms with Gasteiger partial charge in [0, 0.05) is 22.3 Å². The lowest BCUT2D eigenvalue weighted by atomic mass is 9.83. The first-order valence-corrected chi connectivity index (χ1v) is 9.70. The minimum Gasteiger partial charge on any atom is -0.392 e. The SMILES string of the molecule is Cc1ccc(C(=O)c2cc(C(=O)c3ccc(CO)cc3)cc(C(C)(C)C)c2)cc1. The zero-order valence-electron chi connectivity index (χ0n) is 17.3. The molecule has 0 amide bonds. The smallest absolute Gasteiger partial charge is 0.193 e. The van der Waals surface area contributed by atoms with Crippen LogP contribution in [0.15, 0.2) is 66.7 Å². The highest BCUT2D eigenvalue weighted by atomic mass is 16.3. The summed E-state index contributed by atoms with van der Waals surface area (Å²) < 4.78 is 0. The summed E-state index contributed by atoms with van der Waals surface area (Å²) in [7, 11) is 0. The number of benzene rings is 3. The van der Waals surface area contributed by atoms with Crippen LogP contribution in [-0.2, 0) is 12.0 Å². The van der Waals surface area contributed by atoms with Gasteiger partial charge in [-0.15, -0.1) is 0 Å². The summed E-state index contributed by atoms with van der Waals surface area (Å²) >= 11 is 0. The molecule has 0 aliphatic heterocycles. The van der Waals surface area contributed by atoms with Crippen molar-refractivity contribution in [2.75, 3.05) is 0 Å². The molecule has 0 spiro atoms. The summed E-state index contributed by atoms with van der Waals surface area (Å²) in [6.07, 6.45) is 0. The van der Waals surface area contributed by atoms with Gasteiger partial charge in [-0.25, -0.2) is 0 Å². The van der Waals surface area contributed by atoms with Gasteiger partial charge in [0.25, 0.3) is 0 Å². The maximum absolute atomic E-state index is 13.1. The maximum atomic E-state index is 13.1. The van der Waals surface area contributed by atoms with Gasteiger partial charge in [-0.2, -0.15) is 0 Å². The fourth-order valence-electron chi connectivity index (χ4n) is 3.12. The predicted octanol–water partition coefficient (Wildman–Crippen LogP) is 5.25. The second kappa shape index (κ2) is 8.14. The van der Waals surface area contributed by atoms with Crippen molar-refractivity contribution in [2.45, 2.75) is 39.7 Å². The van der Waals surface area contributed by atoms with Crippen LogP contribution < -0.4 is 0 Å². The van der Waals surface area contributed by atoms with Gasteiger partial charge in [0.1, 0.15) is 0 Å². The number of hydrogen-bond acceptors (Lipinski definition) is 3. The van der Waals surface area contributed by atoms with Gasteiger partial charge < -0.3 is 5.11 Å². The van der Waals surface area contributed by atoms with Crippen LogP contribution in [0.4, 0.5) is 0 Å². The van der Waals surface area contributed by atoms with Crippen molar-refractivity contribution in [2.24, 2.45) is 0 Å².